The standard InChI is InChI=1S/C29H26FN5OS/c30-23-10-12-24(13-11-23)35-25-14-9-21(17-22(25)18-32-35)26(20-7-3-1-4-8-20)29(15-5-2-6-16-29)27(36)33-28-34-31-19-37-28/h1,3-4,7-14,17-19,26H,2,5-6,15-16H2,(H,33,34,36). The molecule has 5 aromatic rings. The molecule has 6 rings (SSSR count). The third-order valence-corrected chi connectivity index (χ3v) is 8.07. The molecule has 6 nitrogen and oxygen atoms in total. The number of aromatic nitrogens is 4. The molecule has 0 bridgehead atoms. The number of benzene rings is 3. The molecule has 37 heavy (non-hydrogen) atoms. The number of rotatable bonds is 6. The summed E-state index contributed by atoms with van der Waals surface area (Å²) in [5.41, 5.74) is 4.92. The number of hydrogen-bond acceptors (Lipinski definition) is 5. The number of fused-ring (bicyclic) bond motifs is 1. The van der Waals surface area contributed by atoms with Crippen LogP contribution in [0.1, 0.15) is 49.1 Å². The number of hydrogen-bond donors (Lipinski definition) is 1. The zero-order valence-corrected chi connectivity index (χ0v) is 21.0. The van der Waals surface area contributed by atoms with E-state index in [-0.39, 0.29) is 17.6 Å². The van der Waals surface area contributed by atoms with Crippen LogP contribution in [0.4, 0.5) is 9.52 Å². The lowest BCUT2D eigenvalue weighted by Crippen LogP contribution is -2.43. The lowest BCUT2D eigenvalue weighted by Gasteiger charge is -2.42. The molecule has 1 aliphatic rings. The van der Waals surface area contributed by atoms with Crippen LogP contribution in [-0.4, -0.2) is 25.9 Å². The maximum Gasteiger partial charge on any atom is 0.233 e. The summed E-state index contributed by atoms with van der Waals surface area (Å²) in [5, 5.41) is 17.1. The molecule has 1 N–H and O–H groups in total. The van der Waals surface area contributed by atoms with Crippen LogP contribution in [0, 0.1) is 11.2 Å². The highest BCUT2D eigenvalue weighted by Gasteiger charge is 2.47. The number of anilines is 1. The molecule has 186 valence electrons. The van der Waals surface area contributed by atoms with E-state index < -0.39 is 5.41 Å². The normalized spacial score (nSPS) is 15.9. The van der Waals surface area contributed by atoms with E-state index in [1.165, 1.54) is 23.5 Å². The van der Waals surface area contributed by atoms with Crippen molar-refractivity contribution in [3.05, 3.63) is 101 Å². The van der Waals surface area contributed by atoms with Crippen molar-refractivity contribution < 1.29 is 9.18 Å². The van der Waals surface area contributed by atoms with Gasteiger partial charge < -0.3 is 5.32 Å². The number of halogens is 1. The zero-order valence-electron chi connectivity index (χ0n) is 20.2. The van der Waals surface area contributed by atoms with Crippen LogP contribution in [0.3, 0.4) is 0 Å². The van der Waals surface area contributed by atoms with Crippen LogP contribution in [0.2, 0.25) is 0 Å². The molecule has 1 unspecified atom stereocenters. The summed E-state index contributed by atoms with van der Waals surface area (Å²) in [6.45, 7) is 0. The summed E-state index contributed by atoms with van der Waals surface area (Å²) in [4.78, 5) is 14.0. The van der Waals surface area contributed by atoms with Crippen molar-refractivity contribution in [3.8, 4) is 5.69 Å². The summed E-state index contributed by atoms with van der Waals surface area (Å²) in [5.74, 6) is -0.418. The Hall–Kier alpha value is -3.91. The molecule has 0 saturated heterocycles. The number of amides is 1. The van der Waals surface area contributed by atoms with E-state index in [1.807, 2.05) is 29.1 Å². The quantitative estimate of drug-likeness (QED) is 0.274. The van der Waals surface area contributed by atoms with E-state index in [0.29, 0.717) is 5.13 Å². The van der Waals surface area contributed by atoms with Gasteiger partial charge in [0.1, 0.15) is 11.3 Å². The van der Waals surface area contributed by atoms with Gasteiger partial charge in [-0.1, -0.05) is 67.0 Å². The summed E-state index contributed by atoms with van der Waals surface area (Å²) >= 11 is 1.33. The van der Waals surface area contributed by atoms with Gasteiger partial charge in [0, 0.05) is 11.3 Å². The Kier molecular flexibility index (Phi) is 6.26. The Morgan fingerprint density at radius 3 is 2.49 bits per heavy atom. The third-order valence-electron chi connectivity index (χ3n) is 7.46. The Morgan fingerprint density at radius 2 is 1.76 bits per heavy atom. The van der Waals surface area contributed by atoms with Crippen molar-refractivity contribution in [1.29, 1.82) is 0 Å². The lowest BCUT2D eigenvalue weighted by molar-refractivity contribution is -0.128. The topological polar surface area (TPSA) is 72.7 Å². The number of nitrogens with one attached hydrogen (secondary N) is 1. The second-order valence-electron chi connectivity index (χ2n) is 9.61. The summed E-state index contributed by atoms with van der Waals surface area (Å²) < 4.78 is 15.3. The molecular weight excluding hydrogens is 485 g/mol. The van der Waals surface area contributed by atoms with Gasteiger partial charge in [-0.05, 0) is 60.4 Å². The fourth-order valence-electron chi connectivity index (χ4n) is 5.77. The molecule has 0 radical (unpaired) electrons. The highest BCUT2D eigenvalue weighted by atomic mass is 32.1. The molecule has 1 fully saturated rings. The van der Waals surface area contributed by atoms with Crippen LogP contribution >= 0.6 is 11.3 Å². The van der Waals surface area contributed by atoms with Crippen molar-refractivity contribution in [2.75, 3.05) is 5.32 Å². The van der Waals surface area contributed by atoms with Gasteiger partial charge in [-0.25, -0.2) is 9.07 Å². The van der Waals surface area contributed by atoms with Gasteiger partial charge in [0.15, 0.2) is 0 Å². The fourth-order valence-corrected chi connectivity index (χ4v) is 6.21. The van der Waals surface area contributed by atoms with Gasteiger partial charge in [0.2, 0.25) is 11.0 Å². The Morgan fingerprint density at radius 1 is 0.973 bits per heavy atom. The van der Waals surface area contributed by atoms with Crippen molar-refractivity contribution >= 4 is 33.3 Å². The minimum atomic E-state index is -0.619. The van der Waals surface area contributed by atoms with Gasteiger partial charge in [-0.2, -0.15) is 5.10 Å². The van der Waals surface area contributed by atoms with Crippen molar-refractivity contribution in [1.82, 2.24) is 20.0 Å². The van der Waals surface area contributed by atoms with Gasteiger partial charge in [0.05, 0.1) is 22.8 Å². The van der Waals surface area contributed by atoms with Crippen molar-refractivity contribution in [2.45, 2.75) is 38.0 Å². The fraction of sp³-hybridized carbons (Fsp3) is 0.241. The molecule has 0 spiro atoms. The highest BCUT2D eigenvalue weighted by molar-refractivity contribution is 7.13. The second kappa shape index (κ2) is 9.86. The minimum absolute atomic E-state index is 0.0000858. The van der Waals surface area contributed by atoms with Gasteiger partial charge in [-0.15, -0.1) is 10.2 Å². The molecule has 1 atom stereocenters. The van der Waals surface area contributed by atoms with Crippen LogP contribution in [0.15, 0.2) is 84.5 Å². The second-order valence-corrected chi connectivity index (χ2v) is 10.4. The first-order valence-electron chi connectivity index (χ1n) is 12.5. The van der Waals surface area contributed by atoms with E-state index in [1.54, 1.807) is 17.6 Å². The Balaban J connectivity index is 1.46. The average Bonchev–Trinajstić information content (AvgIpc) is 3.60. The molecule has 0 aliphatic heterocycles. The van der Waals surface area contributed by atoms with Gasteiger partial charge >= 0.3 is 0 Å². The molecule has 3 aromatic carbocycles. The first-order chi connectivity index (χ1) is 18.1. The Labute approximate surface area is 218 Å². The average molecular weight is 512 g/mol. The predicted molar refractivity (Wildman–Crippen MR) is 143 cm³/mol. The smallest absolute Gasteiger partial charge is 0.233 e. The number of nitrogens with zero attached hydrogens (tertiary/aromatic N) is 4. The van der Waals surface area contributed by atoms with E-state index >= 15 is 0 Å². The van der Waals surface area contributed by atoms with Crippen molar-refractivity contribution in [3.63, 3.8) is 0 Å². The summed E-state index contributed by atoms with van der Waals surface area (Å²) in [6.07, 6.45) is 6.54. The first-order valence-corrected chi connectivity index (χ1v) is 13.4. The van der Waals surface area contributed by atoms with E-state index in [2.05, 4.69) is 50.9 Å². The first kappa shape index (κ1) is 23.5. The molecule has 2 aromatic heterocycles. The van der Waals surface area contributed by atoms with Crippen LogP contribution in [0.25, 0.3) is 16.6 Å². The van der Waals surface area contributed by atoms with Crippen LogP contribution in [0.5, 0.6) is 0 Å². The molecule has 2 heterocycles. The number of carbonyl (C=O) groups is 1. The summed E-state index contributed by atoms with van der Waals surface area (Å²) in [6, 6.07) is 22.9. The van der Waals surface area contributed by atoms with Crippen LogP contribution < -0.4 is 5.32 Å². The summed E-state index contributed by atoms with van der Waals surface area (Å²) in [7, 11) is 0. The van der Waals surface area contributed by atoms with E-state index in [4.69, 9.17) is 0 Å². The lowest BCUT2D eigenvalue weighted by atomic mass is 9.61. The molecule has 1 amide bonds. The molecule has 1 saturated carbocycles. The number of carbonyl (C=O) groups excluding carboxylic acids is 1. The molecular formula is C29H26FN5OS. The van der Waals surface area contributed by atoms with Gasteiger partial charge in [0.25, 0.3) is 0 Å². The predicted octanol–water partition coefficient (Wildman–Crippen LogP) is 6.74. The van der Waals surface area contributed by atoms with Gasteiger partial charge in [-0.3, -0.25) is 4.79 Å². The van der Waals surface area contributed by atoms with Crippen LogP contribution in [-0.2, 0) is 4.79 Å². The maximum atomic E-state index is 14.0. The minimum Gasteiger partial charge on any atom is -0.300 e. The molecule has 1 aliphatic carbocycles. The zero-order chi connectivity index (χ0) is 25.2. The maximum absolute atomic E-state index is 14.0. The largest absolute Gasteiger partial charge is 0.300 e. The SMILES string of the molecule is O=C(Nc1nncs1)C1(C(c2ccccc2)c2ccc3c(cnn3-c3ccc(F)cc3)c2)CCCCC1. The van der Waals surface area contributed by atoms with E-state index in [0.717, 1.165) is 59.8 Å². The molecule has 8 heteroatoms. The highest BCUT2D eigenvalue weighted by Crippen LogP contribution is 2.51. The van der Waals surface area contributed by atoms with E-state index in [9.17, 15) is 9.18 Å². The monoisotopic (exact) mass is 511 g/mol. The van der Waals surface area contributed by atoms with Crippen molar-refractivity contribution in [2.24, 2.45) is 5.41 Å². The Bertz CT molecular complexity index is 1510. The third kappa shape index (κ3) is 4.42.